The summed E-state index contributed by atoms with van der Waals surface area (Å²) in [6.45, 7) is 2.81. The average Bonchev–Trinajstić information content (AvgIpc) is 3.40. The second kappa shape index (κ2) is 7.73. The van der Waals surface area contributed by atoms with Gasteiger partial charge in [0.1, 0.15) is 11.6 Å². The smallest absolute Gasteiger partial charge is 0.254 e. The number of aryl methyl sites for hydroxylation is 1. The Hall–Kier alpha value is -2.92. The maximum atomic E-state index is 13.1. The molecule has 0 saturated carbocycles. The maximum Gasteiger partial charge on any atom is 0.254 e. The summed E-state index contributed by atoms with van der Waals surface area (Å²) in [6, 6.07) is 21.9. The molecule has 0 bridgehead atoms. The number of likely N-dealkylation sites (tertiary alicyclic amines) is 1. The van der Waals surface area contributed by atoms with Crippen molar-refractivity contribution in [3.8, 4) is 11.1 Å². The Labute approximate surface area is 183 Å². The van der Waals surface area contributed by atoms with Crippen LogP contribution in [0.5, 0.6) is 0 Å². The van der Waals surface area contributed by atoms with Gasteiger partial charge in [0.05, 0.1) is 0 Å². The van der Waals surface area contributed by atoms with Gasteiger partial charge in [-0.25, -0.2) is 4.98 Å². The predicted octanol–water partition coefficient (Wildman–Crippen LogP) is 6.54. The molecule has 2 heterocycles. The van der Waals surface area contributed by atoms with Crippen molar-refractivity contribution in [1.29, 1.82) is 0 Å². The minimum Gasteiger partial charge on any atom is -0.438 e. The number of halogens is 1. The van der Waals surface area contributed by atoms with Crippen LogP contribution in [0.25, 0.3) is 22.2 Å². The number of fused-ring (bicyclic) bond motifs is 1. The number of amides is 1. The molecule has 4 aromatic rings. The maximum absolute atomic E-state index is 13.1. The van der Waals surface area contributed by atoms with Crippen LogP contribution < -0.4 is 0 Å². The zero-order valence-electron chi connectivity index (χ0n) is 16.6. The Morgan fingerprint density at radius 3 is 2.67 bits per heavy atom. The highest BCUT2D eigenvalue weighted by Gasteiger charge is 2.34. The van der Waals surface area contributed by atoms with E-state index >= 15 is 0 Å². The first-order valence-electron chi connectivity index (χ1n) is 10.1. The van der Waals surface area contributed by atoms with Gasteiger partial charge in [-0.1, -0.05) is 51.8 Å². The molecular weight excluding hydrogens is 440 g/mol. The van der Waals surface area contributed by atoms with Crippen LogP contribution >= 0.6 is 15.9 Å². The third-order valence-electron chi connectivity index (χ3n) is 5.65. The van der Waals surface area contributed by atoms with E-state index in [0.29, 0.717) is 18.0 Å². The molecule has 30 heavy (non-hydrogen) atoms. The summed E-state index contributed by atoms with van der Waals surface area (Å²) in [5.41, 5.74) is 5.76. The van der Waals surface area contributed by atoms with E-state index in [2.05, 4.69) is 59.3 Å². The van der Waals surface area contributed by atoms with E-state index < -0.39 is 0 Å². The summed E-state index contributed by atoms with van der Waals surface area (Å²) in [5, 5.41) is 0. The topological polar surface area (TPSA) is 46.3 Å². The summed E-state index contributed by atoms with van der Waals surface area (Å²) < 4.78 is 7.05. The van der Waals surface area contributed by atoms with Crippen molar-refractivity contribution in [1.82, 2.24) is 9.88 Å². The second-order valence-electron chi connectivity index (χ2n) is 7.77. The molecular formula is C25H21BrN2O2. The first-order valence-corrected chi connectivity index (χ1v) is 10.9. The van der Waals surface area contributed by atoms with Crippen molar-refractivity contribution in [3.63, 3.8) is 0 Å². The van der Waals surface area contributed by atoms with Crippen molar-refractivity contribution in [2.24, 2.45) is 0 Å². The van der Waals surface area contributed by atoms with E-state index in [0.717, 1.165) is 39.5 Å². The zero-order valence-corrected chi connectivity index (χ0v) is 18.2. The van der Waals surface area contributed by atoms with E-state index in [1.54, 1.807) is 0 Å². The Morgan fingerprint density at radius 1 is 1.07 bits per heavy atom. The minimum atomic E-state index is -0.129. The van der Waals surface area contributed by atoms with Crippen molar-refractivity contribution >= 4 is 32.9 Å². The molecule has 0 unspecified atom stereocenters. The molecule has 1 aliphatic rings. The number of nitrogens with zero attached hydrogens (tertiary/aromatic N) is 2. The second-order valence-corrected chi connectivity index (χ2v) is 8.68. The Kier molecular flexibility index (Phi) is 4.91. The zero-order chi connectivity index (χ0) is 20.7. The fourth-order valence-corrected chi connectivity index (χ4v) is 4.38. The molecule has 4 nitrogen and oxygen atoms in total. The van der Waals surface area contributed by atoms with Gasteiger partial charge < -0.3 is 9.32 Å². The van der Waals surface area contributed by atoms with Crippen LogP contribution in [-0.2, 0) is 0 Å². The Morgan fingerprint density at radius 2 is 1.87 bits per heavy atom. The normalized spacial score (nSPS) is 16.3. The van der Waals surface area contributed by atoms with Crippen molar-refractivity contribution in [2.75, 3.05) is 6.54 Å². The third kappa shape index (κ3) is 3.54. The van der Waals surface area contributed by atoms with Gasteiger partial charge in [-0.2, -0.15) is 0 Å². The molecule has 1 saturated heterocycles. The van der Waals surface area contributed by atoms with Gasteiger partial charge in [-0.05, 0) is 67.3 Å². The van der Waals surface area contributed by atoms with Gasteiger partial charge in [0.15, 0.2) is 5.58 Å². The van der Waals surface area contributed by atoms with Crippen LogP contribution in [-0.4, -0.2) is 22.3 Å². The van der Waals surface area contributed by atoms with Gasteiger partial charge >= 0.3 is 0 Å². The molecule has 0 radical (unpaired) electrons. The van der Waals surface area contributed by atoms with E-state index in [-0.39, 0.29) is 11.9 Å². The molecule has 1 atom stereocenters. The number of carbonyl (C=O) groups is 1. The number of hydrogen-bond acceptors (Lipinski definition) is 3. The minimum absolute atomic E-state index is 0.0210. The molecule has 1 amide bonds. The molecule has 150 valence electrons. The molecule has 0 N–H and O–H groups in total. The highest BCUT2D eigenvalue weighted by atomic mass is 79.9. The van der Waals surface area contributed by atoms with Gasteiger partial charge in [0.25, 0.3) is 5.91 Å². The molecule has 1 fully saturated rings. The third-order valence-corrected chi connectivity index (χ3v) is 6.17. The number of carbonyl (C=O) groups excluding carboxylic acids is 1. The molecule has 1 aromatic heterocycles. The highest BCUT2D eigenvalue weighted by molar-refractivity contribution is 9.10. The summed E-state index contributed by atoms with van der Waals surface area (Å²) in [5.74, 6) is 0.641. The largest absolute Gasteiger partial charge is 0.438 e. The van der Waals surface area contributed by atoms with Crippen LogP contribution in [0.3, 0.4) is 0 Å². The van der Waals surface area contributed by atoms with Gasteiger partial charge in [0, 0.05) is 16.6 Å². The molecule has 0 spiro atoms. The van der Waals surface area contributed by atoms with E-state index in [4.69, 9.17) is 9.40 Å². The number of oxazole rings is 1. The lowest BCUT2D eigenvalue weighted by atomic mass is 10.0. The van der Waals surface area contributed by atoms with Crippen molar-refractivity contribution in [2.45, 2.75) is 25.8 Å². The van der Waals surface area contributed by atoms with Crippen LogP contribution in [0.15, 0.2) is 75.6 Å². The summed E-state index contributed by atoms with van der Waals surface area (Å²) in [4.78, 5) is 19.7. The van der Waals surface area contributed by atoms with Crippen LogP contribution in [0.4, 0.5) is 0 Å². The van der Waals surface area contributed by atoms with Crippen LogP contribution in [0.2, 0.25) is 0 Å². The van der Waals surface area contributed by atoms with E-state index in [1.807, 2.05) is 35.2 Å². The molecule has 5 rings (SSSR count). The standard InChI is InChI=1S/C25H21BrN2O2/c1-16-4-2-5-18(14-16)19-9-12-23-21(15-19)27-24(30-23)22-6-3-13-28(22)25(29)17-7-10-20(26)11-8-17/h2,4-5,7-12,14-15,22H,3,6,13H2,1H3/t22-/m0/s1. The number of aromatic nitrogens is 1. The summed E-state index contributed by atoms with van der Waals surface area (Å²) in [6.07, 6.45) is 1.81. The summed E-state index contributed by atoms with van der Waals surface area (Å²) >= 11 is 3.42. The lowest BCUT2D eigenvalue weighted by Gasteiger charge is -2.22. The van der Waals surface area contributed by atoms with Gasteiger partial charge in [0.2, 0.25) is 5.89 Å². The van der Waals surface area contributed by atoms with Gasteiger partial charge in [-0.3, -0.25) is 4.79 Å². The highest BCUT2D eigenvalue weighted by Crippen LogP contribution is 2.35. The molecule has 1 aliphatic heterocycles. The first-order chi connectivity index (χ1) is 14.6. The van der Waals surface area contributed by atoms with Crippen LogP contribution in [0, 0.1) is 6.92 Å². The summed E-state index contributed by atoms with van der Waals surface area (Å²) in [7, 11) is 0. The molecule has 5 heteroatoms. The van der Waals surface area contributed by atoms with E-state index in [9.17, 15) is 4.79 Å². The number of benzene rings is 3. The van der Waals surface area contributed by atoms with Gasteiger partial charge in [-0.15, -0.1) is 0 Å². The SMILES string of the molecule is Cc1cccc(-c2ccc3oc([C@@H]4CCCN4C(=O)c4ccc(Br)cc4)nc3c2)c1. The van der Waals surface area contributed by atoms with Crippen molar-refractivity contribution in [3.05, 3.63) is 88.2 Å². The number of rotatable bonds is 3. The quantitative estimate of drug-likeness (QED) is 0.348. The Balaban J connectivity index is 1.46. The first kappa shape index (κ1) is 19.1. The molecule has 3 aromatic carbocycles. The fourth-order valence-electron chi connectivity index (χ4n) is 4.12. The van der Waals surface area contributed by atoms with Crippen LogP contribution in [0.1, 0.15) is 40.7 Å². The fraction of sp³-hybridized carbons (Fsp3) is 0.200. The van der Waals surface area contributed by atoms with E-state index in [1.165, 1.54) is 5.56 Å². The molecule has 0 aliphatic carbocycles. The average molecular weight is 461 g/mol. The lowest BCUT2D eigenvalue weighted by Crippen LogP contribution is -2.30. The Bertz CT molecular complexity index is 1230. The predicted molar refractivity (Wildman–Crippen MR) is 121 cm³/mol. The lowest BCUT2D eigenvalue weighted by molar-refractivity contribution is 0.0717. The van der Waals surface area contributed by atoms with Crippen molar-refractivity contribution < 1.29 is 9.21 Å². The number of hydrogen-bond donors (Lipinski definition) is 0. The monoisotopic (exact) mass is 460 g/mol.